The number of hydrogen-bond acceptors (Lipinski definition) is 4. The molecule has 0 aromatic heterocycles. The van der Waals surface area contributed by atoms with Crippen LogP contribution in [0.2, 0.25) is 0 Å². The van der Waals surface area contributed by atoms with Crippen LogP contribution in [-0.2, 0) is 9.53 Å². The van der Waals surface area contributed by atoms with Crippen molar-refractivity contribution in [3.63, 3.8) is 0 Å². The van der Waals surface area contributed by atoms with Crippen molar-refractivity contribution in [3.8, 4) is 0 Å². The number of amides is 1. The van der Waals surface area contributed by atoms with Crippen LogP contribution in [0.15, 0.2) is 0 Å². The molecule has 1 aliphatic carbocycles. The van der Waals surface area contributed by atoms with Crippen molar-refractivity contribution < 1.29 is 9.53 Å². The Morgan fingerprint density at radius 3 is 2.57 bits per heavy atom. The van der Waals surface area contributed by atoms with Gasteiger partial charge in [-0.1, -0.05) is 12.8 Å². The van der Waals surface area contributed by atoms with Gasteiger partial charge in [0, 0.05) is 44.7 Å². The molecule has 2 aliphatic heterocycles. The highest BCUT2D eigenvalue weighted by Crippen LogP contribution is 2.26. The van der Waals surface area contributed by atoms with E-state index in [0.717, 1.165) is 45.0 Å². The molecule has 1 saturated carbocycles. The fourth-order valence-electron chi connectivity index (χ4n) is 4.08. The van der Waals surface area contributed by atoms with Crippen molar-refractivity contribution in [1.29, 1.82) is 0 Å². The van der Waals surface area contributed by atoms with E-state index < -0.39 is 0 Å². The fourth-order valence-corrected chi connectivity index (χ4v) is 4.08. The Labute approximate surface area is 146 Å². The van der Waals surface area contributed by atoms with E-state index in [9.17, 15) is 4.79 Å². The molecule has 1 atom stereocenters. The first kappa shape index (κ1) is 19.0. The van der Waals surface area contributed by atoms with Crippen molar-refractivity contribution >= 4 is 18.3 Å². The molecule has 3 rings (SSSR count). The Hall–Kier alpha value is -0.360. The van der Waals surface area contributed by atoms with Crippen molar-refractivity contribution in [1.82, 2.24) is 15.5 Å². The largest absolute Gasteiger partial charge is 0.378 e. The van der Waals surface area contributed by atoms with Gasteiger partial charge in [0.15, 0.2) is 0 Å². The standard InChI is InChI=1S/C17H31N3O2.ClH/c21-17(11-16-13-22-10-7-18-16)19-15-5-8-20(9-6-15)12-14-3-1-2-4-14;/h14-16,18H,1-13H2,(H,19,21);1H. The van der Waals surface area contributed by atoms with Crippen LogP contribution in [0.3, 0.4) is 0 Å². The van der Waals surface area contributed by atoms with Crippen LogP contribution in [0.4, 0.5) is 0 Å². The third-order valence-corrected chi connectivity index (χ3v) is 5.37. The molecule has 5 nitrogen and oxygen atoms in total. The number of halogens is 1. The molecule has 1 unspecified atom stereocenters. The topological polar surface area (TPSA) is 53.6 Å². The van der Waals surface area contributed by atoms with Gasteiger partial charge in [-0.05, 0) is 31.6 Å². The maximum atomic E-state index is 12.1. The predicted molar refractivity (Wildman–Crippen MR) is 94.0 cm³/mol. The average molecular weight is 346 g/mol. The lowest BCUT2D eigenvalue weighted by molar-refractivity contribution is -0.123. The fraction of sp³-hybridized carbons (Fsp3) is 0.941. The molecular weight excluding hydrogens is 314 g/mol. The van der Waals surface area contributed by atoms with Gasteiger partial charge in [-0.2, -0.15) is 0 Å². The van der Waals surface area contributed by atoms with Crippen molar-refractivity contribution in [2.24, 2.45) is 5.92 Å². The molecule has 23 heavy (non-hydrogen) atoms. The van der Waals surface area contributed by atoms with Gasteiger partial charge in [0.1, 0.15) is 0 Å². The number of ether oxygens (including phenoxy) is 1. The summed E-state index contributed by atoms with van der Waals surface area (Å²) < 4.78 is 5.40. The minimum absolute atomic E-state index is 0. The zero-order valence-corrected chi connectivity index (χ0v) is 14.9. The minimum atomic E-state index is 0. The van der Waals surface area contributed by atoms with E-state index in [0.29, 0.717) is 19.1 Å². The van der Waals surface area contributed by atoms with Gasteiger partial charge in [-0.25, -0.2) is 0 Å². The summed E-state index contributed by atoms with van der Waals surface area (Å²) in [4.78, 5) is 14.7. The molecule has 134 valence electrons. The Morgan fingerprint density at radius 2 is 1.91 bits per heavy atom. The van der Waals surface area contributed by atoms with Gasteiger partial charge < -0.3 is 20.3 Å². The molecule has 0 spiro atoms. The van der Waals surface area contributed by atoms with Crippen LogP contribution in [0.1, 0.15) is 44.9 Å². The highest BCUT2D eigenvalue weighted by atomic mass is 35.5. The number of carbonyl (C=O) groups is 1. The number of morpholine rings is 1. The summed E-state index contributed by atoms with van der Waals surface area (Å²) >= 11 is 0. The molecule has 2 N–H and O–H groups in total. The Morgan fingerprint density at radius 1 is 1.17 bits per heavy atom. The van der Waals surface area contributed by atoms with E-state index in [1.54, 1.807) is 0 Å². The first-order valence-corrected chi connectivity index (χ1v) is 9.12. The Bertz CT molecular complexity index is 350. The number of carbonyl (C=O) groups excluding carboxylic acids is 1. The Kier molecular flexibility index (Phi) is 8.10. The monoisotopic (exact) mass is 345 g/mol. The van der Waals surface area contributed by atoms with E-state index in [-0.39, 0.29) is 24.4 Å². The summed E-state index contributed by atoms with van der Waals surface area (Å²) in [6.45, 7) is 5.85. The second-order valence-corrected chi connectivity index (χ2v) is 7.22. The number of piperidine rings is 1. The molecule has 0 radical (unpaired) electrons. The third kappa shape index (κ3) is 6.22. The molecule has 0 bridgehead atoms. The summed E-state index contributed by atoms with van der Waals surface area (Å²) in [7, 11) is 0. The smallest absolute Gasteiger partial charge is 0.221 e. The van der Waals surface area contributed by atoms with Crippen LogP contribution in [0.5, 0.6) is 0 Å². The van der Waals surface area contributed by atoms with E-state index in [4.69, 9.17) is 4.74 Å². The predicted octanol–water partition coefficient (Wildman–Crippen LogP) is 1.56. The van der Waals surface area contributed by atoms with Gasteiger partial charge in [-0.3, -0.25) is 4.79 Å². The molecule has 3 aliphatic rings. The number of likely N-dealkylation sites (tertiary alicyclic amines) is 1. The third-order valence-electron chi connectivity index (χ3n) is 5.37. The highest BCUT2D eigenvalue weighted by Gasteiger charge is 2.25. The van der Waals surface area contributed by atoms with Gasteiger partial charge in [0.05, 0.1) is 13.2 Å². The molecule has 0 aromatic rings. The SMILES string of the molecule is Cl.O=C(CC1COCCN1)NC1CCN(CC2CCCC2)CC1. The van der Waals surface area contributed by atoms with Gasteiger partial charge in [0.25, 0.3) is 0 Å². The molecule has 3 fully saturated rings. The molecule has 6 heteroatoms. The lowest BCUT2D eigenvalue weighted by Gasteiger charge is -2.34. The summed E-state index contributed by atoms with van der Waals surface area (Å²) in [5.41, 5.74) is 0. The molecular formula is C17H32ClN3O2. The van der Waals surface area contributed by atoms with Gasteiger partial charge in [0.2, 0.25) is 5.91 Å². The number of rotatable bonds is 5. The first-order chi connectivity index (χ1) is 10.8. The minimum Gasteiger partial charge on any atom is -0.378 e. The maximum absolute atomic E-state index is 12.1. The van der Waals surface area contributed by atoms with Crippen molar-refractivity contribution in [3.05, 3.63) is 0 Å². The average Bonchev–Trinajstić information content (AvgIpc) is 3.03. The second kappa shape index (κ2) is 9.82. The van der Waals surface area contributed by atoms with E-state index in [2.05, 4.69) is 15.5 Å². The maximum Gasteiger partial charge on any atom is 0.221 e. The lowest BCUT2D eigenvalue weighted by Crippen LogP contribution is -2.48. The van der Waals surface area contributed by atoms with Crippen LogP contribution < -0.4 is 10.6 Å². The highest BCUT2D eigenvalue weighted by molar-refractivity contribution is 5.85. The van der Waals surface area contributed by atoms with E-state index in [1.807, 2.05) is 0 Å². The summed E-state index contributed by atoms with van der Waals surface area (Å²) in [5.74, 6) is 1.11. The molecule has 2 heterocycles. The van der Waals surface area contributed by atoms with E-state index in [1.165, 1.54) is 32.2 Å². The van der Waals surface area contributed by atoms with E-state index >= 15 is 0 Å². The second-order valence-electron chi connectivity index (χ2n) is 7.22. The molecule has 2 saturated heterocycles. The zero-order valence-electron chi connectivity index (χ0n) is 14.1. The van der Waals surface area contributed by atoms with Crippen LogP contribution in [0.25, 0.3) is 0 Å². The van der Waals surface area contributed by atoms with Crippen LogP contribution in [0, 0.1) is 5.92 Å². The quantitative estimate of drug-likeness (QED) is 0.794. The van der Waals surface area contributed by atoms with Gasteiger partial charge >= 0.3 is 0 Å². The summed E-state index contributed by atoms with van der Waals surface area (Å²) in [6, 6.07) is 0.563. The lowest BCUT2D eigenvalue weighted by atomic mass is 10.0. The van der Waals surface area contributed by atoms with Crippen LogP contribution in [-0.4, -0.2) is 62.3 Å². The zero-order chi connectivity index (χ0) is 15.2. The van der Waals surface area contributed by atoms with Gasteiger partial charge in [-0.15, -0.1) is 12.4 Å². The number of hydrogen-bond donors (Lipinski definition) is 2. The molecule has 1 amide bonds. The number of nitrogens with one attached hydrogen (secondary N) is 2. The van der Waals surface area contributed by atoms with Crippen LogP contribution >= 0.6 is 12.4 Å². The summed E-state index contributed by atoms with van der Waals surface area (Å²) in [6.07, 6.45) is 8.45. The van der Waals surface area contributed by atoms with Crippen molar-refractivity contribution in [2.45, 2.75) is 57.0 Å². The van der Waals surface area contributed by atoms with Crippen molar-refractivity contribution in [2.75, 3.05) is 39.4 Å². The first-order valence-electron chi connectivity index (χ1n) is 9.12. The molecule has 0 aromatic carbocycles. The number of nitrogens with zero attached hydrogens (tertiary/aromatic N) is 1. The summed E-state index contributed by atoms with van der Waals surface area (Å²) in [5, 5.41) is 6.56. The Balaban J connectivity index is 0.00000192. The normalized spacial score (nSPS) is 27.6.